The lowest BCUT2D eigenvalue weighted by atomic mass is 9.93. The quantitative estimate of drug-likeness (QED) is 0.463. The molecule has 152 valence electrons. The molecule has 1 heterocycles. The summed E-state index contributed by atoms with van der Waals surface area (Å²) in [6.45, 7) is 4.63. The molecule has 0 aromatic heterocycles. The van der Waals surface area contributed by atoms with E-state index in [1.54, 1.807) is 18.2 Å². The number of hydrogen-bond acceptors (Lipinski definition) is 5. The Labute approximate surface area is 170 Å². The van der Waals surface area contributed by atoms with Crippen molar-refractivity contribution in [3.63, 3.8) is 0 Å². The maximum absolute atomic E-state index is 13.0. The highest BCUT2D eigenvalue weighted by Crippen LogP contribution is 2.40. The molecule has 0 radical (unpaired) electrons. The largest absolute Gasteiger partial charge is 0.508 e. The molecule has 1 atom stereocenters. The summed E-state index contributed by atoms with van der Waals surface area (Å²) >= 11 is 0. The van der Waals surface area contributed by atoms with Crippen molar-refractivity contribution in [1.29, 1.82) is 0 Å². The maximum atomic E-state index is 13.0. The first kappa shape index (κ1) is 20.6. The number of benzene rings is 2. The number of phenolic OH excluding ortho intramolecular Hbond substituents is 1. The molecule has 6 nitrogen and oxygen atoms in total. The van der Waals surface area contributed by atoms with Crippen LogP contribution < -0.4 is 0 Å². The van der Waals surface area contributed by atoms with E-state index in [0.29, 0.717) is 24.2 Å². The molecule has 1 aliphatic rings. The van der Waals surface area contributed by atoms with Crippen LogP contribution in [0, 0.1) is 13.8 Å². The average molecular weight is 394 g/mol. The molecule has 29 heavy (non-hydrogen) atoms. The summed E-state index contributed by atoms with van der Waals surface area (Å²) in [5, 5.41) is 21.1. The molecule has 2 aromatic carbocycles. The van der Waals surface area contributed by atoms with Crippen LogP contribution in [0.3, 0.4) is 0 Å². The van der Waals surface area contributed by atoms with Gasteiger partial charge in [0, 0.05) is 18.7 Å². The summed E-state index contributed by atoms with van der Waals surface area (Å²) in [4.78, 5) is 29.2. The second kappa shape index (κ2) is 8.09. The number of carbonyl (C=O) groups is 2. The SMILES string of the molecule is Cc1ccc(C)c(C(O)=C2C(=O)C(=O)N(CCN(C)C)C2c2cccc(O)c2)c1. The van der Waals surface area contributed by atoms with Crippen LogP contribution in [0.1, 0.15) is 28.3 Å². The first-order valence-electron chi connectivity index (χ1n) is 9.50. The number of likely N-dealkylation sites (tertiary alicyclic amines) is 1. The smallest absolute Gasteiger partial charge is 0.295 e. The third-order valence-corrected chi connectivity index (χ3v) is 5.16. The van der Waals surface area contributed by atoms with Gasteiger partial charge in [0.05, 0.1) is 11.6 Å². The topological polar surface area (TPSA) is 81.1 Å². The van der Waals surface area contributed by atoms with Gasteiger partial charge >= 0.3 is 0 Å². The Balaban J connectivity index is 2.20. The zero-order valence-electron chi connectivity index (χ0n) is 17.1. The van der Waals surface area contributed by atoms with Gasteiger partial charge in [-0.15, -0.1) is 0 Å². The number of amides is 1. The van der Waals surface area contributed by atoms with E-state index in [-0.39, 0.29) is 17.1 Å². The Hall–Kier alpha value is -3.12. The van der Waals surface area contributed by atoms with Crippen LogP contribution in [0.15, 0.2) is 48.0 Å². The number of phenols is 1. The molecule has 1 aliphatic heterocycles. The fraction of sp³-hybridized carbons (Fsp3) is 0.304. The van der Waals surface area contributed by atoms with Crippen LogP contribution in [0.25, 0.3) is 5.76 Å². The van der Waals surface area contributed by atoms with Gasteiger partial charge < -0.3 is 20.0 Å². The van der Waals surface area contributed by atoms with Gasteiger partial charge in [0.25, 0.3) is 11.7 Å². The molecule has 0 saturated carbocycles. The normalized spacial score (nSPS) is 18.7. The summed E-state index contributed by atoms with van der Waals surface area (Å²) in [5.41, 5.74) is 2.90. The number of carbonyl (C=O) groups excluding carboxylic acids is 2. The van der Waals surface area contributed by atoms with Gasteiger partial charge in [0.15, 0.2) is 0 Å². The van der Waals surface area contributed by atoms with Gasteiger partial charge in [-0.2, -0.15) is 0 Å². The Morgan fingerprint density at radius 3 is 2.48 bits per heavy atom. The Morgan fingerprint density at radius 1 is 1.10 bits per heavy atom. The standard InChI is InChI=1S/C23H26N2O4/c1-14-8-9-15(2)18(12-14)21(27)19-20(16-6-5-7-17(26)13-16)25(11-10-24(3)4)23(29)22(19)28/h5-9,12-13,20,26-27H,10-11H2,1-4H3. The zero-order valence-corrected chi connectivity index (χ0v) is 17.1. The summed E-state index contributed by atoms with van der Waals surface area (Å²) < 4.78 is 0. The Bertz CT molecular complexity index is 994. The lowest BCUT2D eigenvalue weighted by Gasteiger charge is -2.26. The minimum atomic E-state index is -0.762. The van der Waals surface area contributed by atoms with Crippen LogP contribution in [-0.4, -0.2) is 58.9 Å². The monoisotopic (exact) mass is 394 g/mol. The van der Waals surface area contributed by atoms with Gasteiger partial charge in [0.2, 0.25) is 0 Å². The van der Waals surface area contributed by atoms with Crippen molar-refractivity contribution in [3.8, 4) is 5.75 Å². The van der Waals surface area contributed by atoms with Crippen molar-refractivity contribution in [2.75, 3.05) is 27.2 Å². The molecular formula is C23H26N2O4. The van der Waals surface area contributed by atoms with Crippen molar-refractivity contribution in [1.82, 2.24) is 9.80 Å². The second-order valence-electron chi connectivity index (χ2n) is 7.71. The van der Waals surface area contributed by atoms with Gasteiger partial charge in [-0.3, -0.25) is 9.59 Å². The number of aryl methyl sites for hydroxylation is 2. The first-order valence-corrected chi connectivity index (χ1v) is 9.50. The molecular weight excluding hydrogens is 368 g/mol. The number of nitrogens with zero attached hydrogens (tertiary/aromatic N) is 2. The predicted octanol–water partition coefficient (Wildman–Crippen LogP) is 2.99. The highest BCUT2D eigenvalue weighted by atomic mass is 16.3. The first-order chi connectivity index (χ1) is 13.7. The maximum Gasteiger partial charge on any atom is 0.295 e. The van der Waals surface area contributed by atoms with Gasteiger partial charge in [-0.05, 0) is 57.3 Å². The van der Waals surface area contributed by atoms with E-state index in [1.807, 2.05) is 45.0 Å². The summed E-state index contributed by atoms with van der Waals surface area (Å²) in [7, 11) is 3.77. The van der Waals surface area contributed by atoms with Crippen LogP contribution in [0.2, 0.25) is 0 Å². The third-order valence-electron chi connectivity index (χ3n) is 5.16. The molecule has 0 spiro atoms. The molecule has 1 saturated heterocycles. The van der Waals surface area contributed by atoms with Crippen molar-refractivity contribution < 1.29 is 19.8 Å². The molecule has 1 fully saturated rings. The van der Waals surface area contributed by atoms with E-state index >= 15 is 0 Å². The number of aliphatic hydroxyl groups is 1. The summed E-state index contributed by atoms with van der Waals surface area (Å²) in [6.07, 6.45) is 0. The van der Waals surface area contributed by atoms with Crippen molar-refractivity contribution in [3.05, 3.63) is 70.3 Å². The fourth-order valence-corrected chi connectivity index (χ4v) is 3.60. The Kier molecular flexibility index (Phi) is 5.75. The van der Waals surface area contributed by atoms with E-state index in [1.165, 1.54) is 17.0 Å². The van der Waals surface area contributed by atoms with Gasteiger partial charge in [-0.25, -0.2) is 0 Å². The molecule has 1 amide bonds. The highest BCUT2D eigenvalue weighted by molar-refractivity contribution is 6.46. The number of aliphatic hydroxyl groups excluding tert-OH is 1. The van der Waals surface area contributed by atoms with Crippen LogP contribution in [0.4, 0.5) is 0 Å². The molecule has 0 bridgehead atoms. The zero-order chi connectivity index (χ0) is 21.3. The van der Waals surface area contributed by atoms with Crippen molar-refractivity contribution in [2.45, 2.75) is 19.9 Å². The third kappa shape index (κ3) is 4.03. The summed E-state index contributed by atoms with van der Waals surface area (Å²) in [5.74, 6) is -1.51. The van der Waals surface area contributed by atoms with Crippen molar-refractivity contribution in [2.24, 2.45) is 0 Å². The van der Waals surface area contributed by atoms with Gasteiger partial charge in [-0.1, -0.05) is 29.8 Å². The van der Waals surface area contributed by atoms with Crippen LogP contribution in [0.5, 0.6) is 5.75 Å². The van der Waals surface area contributed by atoms with E-state index in [4.69, 9.17) is 0 Å². The molecule has 2 aromatic rings. The number of aromatic hydroxyl groups is 1. The lowest BCUT2D eigenvalue weighted by Crippen LogP contribution is -2.35. The van der Waals surface area contributed by atoms with E-state index in [0.717, 1.165) is 11.1 Å². The van der Waals surface area contributed by atoms with Crippen LogP contribution in [-0.2, 0) is 9.59 Å². The van der Waals surface area contributed by atoms with E-state index in [9.17, 15) is 19.8 Å². The minimum absolute atomic E-state index is 0.0347. The Morgan fingerprint density at radius 2 is 1.83 bits per heavy atom. The molecule has 0 aliphatic carbocycles. The van der Waals surface area contributed by atoms with E-state index in [2.05, 4.69) is 0 Å². The minimum Gasteiger partial charge on any atom is -0.508 e. The average Bonchev–Trinajstić information content (AvgIpc) is 2.92. The number of rotatable bonds is 5. The lowest BCUT2D eigenvalue weighted by molar-refractivity contribution is -0.140. The predicted molar refractivity (Wildman–Crippen MR) is 112 cm³/mol. The number of likely N-dealkylation sites (N-methyl/N-ethyl adjacent to an activating group) is 1. The number of Topliss-reactive ketones (excluding diaryl/α,β-unsaturated/α-hetero) is 1. The second-order valence-corrected chi connectivity index (χ2v) is 7.71. The molecule has 6 heteroatoms. The van der Waals surface area contributed by atoms with Crippen LogP contribution >= 0.6 is 0 Å². The summed E-state index contributed by atoms with van der Waals surface area (Å²) in [6, 6.07) is 11.3. The number of ketones is 1. The highest BCUT2D eigenvalue weighted by Gasteiger charge is 2.46. The molecule has 2 N–H and O–H groups in total. The van der Waals surface area contributed by atoms with E-state index < -0.39 is 17.7 Å². The molecule has 1 unspecified atom stereocenters. The molecule has 3 rings (SSSR count). The fourth-order valence-electron chi connectivity index (χ4n) is 3.60. The van der Waals surface area contributed by atoms with Crippen molar-refractivity contribution >= 4 is 17.4 Å². The number of hydrogen-bond donors (Lipinski definition) is 2. The van der Waals surface area contributed by atoms with Gasteiger partial charge in [0.1, 0.15) is 11.5 Å².